The lowest BCUT2D eigenvalue weighted by Crippen LogP contribution is -2.44. The summed E-state index contributed by atoms with van der Waals surface area (Å²) in [6.45, 7) is 10.2. The molecular weight excluding hydrogens is 462 g/mol. The summed E-state index contributed by atoms with van der Waals surface area (Å²) in [5.74, 6) is 1.02. The highest BCUT2D eigenvalue weighted by Crippen LogP contribution is 2.34. The fourth-order valence-electron chi connectivity index (χ4n) is 4.93. The number of aromatic amines is 2. The fourth-order valence-corrected chi connectivity index (χ4v) is 4.93. The number of hydrogen-bond donors (Lipinski definition) is 3. The van der Waals surface area contributed by atoms with Crippen molar-refractivity contribution < 1.29 is 0 Å². The monoisotopic (exact) mass is 493 g/mol. The SMILES string of the molecule is C=C(CCC)Nc1cncc(-c2cc3c(-c4cc5c(N6CCN(C)CC6)nccc5[nH]4)n[nH]c3cn2)c1. The van der Waals surface area contributed by atoms with Crippen LogP contribution >= 0.6 is 0 Å². The Morgan fingerprint density at radius 1 is 1.03 bits per heavy atom. The van der Waals surface area contributed by atoms with Gasteiger partial charge in [0.2, 0.25) is 0 Å². The van der Waals surface area contributed by atoms with Crippen LogP contribution in [0.3, 0.4) is 0 Å². The van der Waals surface area contributed by atoms with E-state index < -0.39 is 0 Å². The van der Waals surface area contributed by atoms with Crippen molar-refractivity contribution in [3.8, 4) is 22.6 Å². The van der Waals surface area contributed by atoms with Crippen LogP contribution in [0.25, 0.3) is 44.5 Å². The van der Waals surface area contributed by atoms with E-state index in [1.54, 1.807) is 0 Å². The number of nitrogens with zero attached hydrogens (tertiary/aromatic N) is 6. The molecule has 0 unspecified atom stereocenters. The van der Waals surface area contributed by atoms with Crippen LogP contribution in [0.15, 0.2) is 61.3 Å². The van der Waals surface area contributed by atoms with E-state index in [1.807, 2.05) is 30.9 Å². The van der Waals surface area contributed by atoms with Crippen LogP contribution in [-0.2, 0) is 0 Å². The second-order valence-electron chi connectivity index (χ2n) is 9.70. The molecule has 0 bridgehead atoms. The number of allylic oxidation sites excluding steroid dienone is 1. The van der Waals surface area contributed by atoms with Crippen LogP contribution in [0.2, 0.25) is 0 Å². The summed E-state index contributed by atoms with van der Waals surface area (Å²) in [5, 5.41) is 13.3. The van der Waals surface area contributed by atoms with Crippen molar-refractivity contribution in [2.45, 2.75) is 19.8 Å². The van der Waals surface area contributed by atoms with Gasteiger partial charge in [0.05, 0.1) is 40.5 Å². The van der Waals surface area contributed by atoms with Crippen molar-refractivity contribution in [3.63, 3.8) is 0 Å². The molecule has 1 fully saturated rings. The lowest BCUT2D eigenvalue weighted by molar-refractivity contribution is 0.312. The van der Waals surface area contributed by atoms with E-state index in [-0.39, 0.29) is 0 Å². The highest BCUT2D eigenvalue weighted by molar-refractivity contribution is 5.99. The van der Waals surface area contributed by atoms with Gasteiger partial charge in [0.1, 0.15) is 11.5 Å². The number of pyridine rings is 3. The van der Waals surface area contributed by atoms with Gasteiger partial charge in [0, 0.05) is 60.6 Å². The molecule has 6 heterocycles. The zero-order chi connectivity index (χ0) is 25.4. The molecule has 1 saturated heterocycles. The van der Waals surface area contributed by atoms with Gasteiger partial charge in [-0.2, -0.15) is 5.10 Å². The molecule has 0 saturated carbocycles. The van der Waals surface area contributed by atoms with Crippen molar-refractivity contribution >= 4 is 33.3 Å². The normalized spacial score (nSPS) is 14.5. The number of H-pyrrole nitrogens is 2. The second-order valence-corrected chi connectivity index (χ2v) is 9.70. The lowest BCUT2D eigenvalue weighted by Gasteiger charge is -2.33. The summed E-state index contributed by atoms with van der Waals surface area (Å²) in [6.07, 6.45) is 9.31. The standard InChI is InChI=1S/C28H31N9/c1-4-5-18(2)32-20-12-19(15-29-16-20)24-13-21-26(17-31-24)34-35-27(21)25-14-22-23(33-25)6-7-30-28(22)37-10-8-36(3)9-11-37/h6-7,12-17,32-33H,2,4-5,8-11H2,1,3H3,(H,34,35). The zero-order valence-corrected chi connectivity index (χ0v) is 21.3. The van der Waals surface area contributed by atoms with Gasteiger partial charge in [0.15, 0.2) is 0 Å². The Kier molecular flexibility index (Phi) is 6.05. The maximum Gasteiger partial charge on any atom is 0.138 e. The van der Waals surface area contributed by atoms with Crippen LogP contribution in [0.5, 0.6) is 0 Å². The van der Waals surface area contributed by atoms with E-state index in [0.717, 1.165) is 101 Å². The summed E-state index contributed by atoms with van der Waals surface area (Å²) in [6, 6.07) is 8.31. The van der Waals surface area contributed by atoms with E-state index >= 15 is 0 Å². The van der Waals surface area contributed by atoms with E-state index in [4.69, 9.17) is 4.98 Å². The van der Waals surface area contributed by atoms with E-state index in [2.05, 4.69) is 79.0 Å². The van der Waals surface area contributed by atoms with Gasteiger partial charge in [-0.3, -0.25) is 15.1 Å². The molecule has 37 heavy (non-hydrogen) atoms. The zero-order valence-electron chi connectivity index (χ0n) is 21.3. The van der Waals surface area contributed by atoms with Gasteiger partial charge < -0.3 is 20.1 Å². The molecule has 9 heteroatoms. The number of anilines is 2. The number of rotatable bonds is 7. The third-order valence-corrected chi connectivity index (χ3v) is 6.94. The molecule has 0 amide bonds. The molecule has 1 aliphatic rings. The summed E-state index contributed by atoms with van der Waals surface area (Å²) in [7, 11) is 2.16. The summed E-state index contributed by atoms with van der Waals surface area (Å²) < 4.78 is 0. The van der Waals surface area contributed by atoms with Gasteiger partial charge in [-0.1, -0.05) is 19.9 Å². The van der Waals surface area contributed by atoms with Gasteiger partial charge in [-0.15, -0.1) is 0 Å². The molecule has 5 aromatic rings. The van der Waals surface area contributed by atoms with Crippen LogP contribution in [-0.4, -0.2) is 68.3 Å². The van der Waals surface area contributed by atoms with Gasteiger partial charge in [0.25, 0.3) is 0 Å². The smallest absolute Gasteiger partial charge is 0.138 e. The Morgan fingerprint density at radius 3 is 2.73 bits per heavy atom. The molecule has 5 aromatic heterocycles. The number of nitrogens with one attached hydrogen (secondary N) is 3. The summed E-state index contributed by atoms with van der Waals surface area (Å²) in [5.41, 5.74) is 7.40. The Labute approximate surface area is 215 Å². The Morgan fingerprint density at radius 2 is 1.89 bits per heavy atom. The van der Waals surface area contributed by atoms with Crippen LogP contribution in [0.1, 0.15) is 19.8 Å². The minimum Gasteiger partial charge on any atom is -0.358 e. The largest absolute Gasteiger partial charge is 0.358 e. The fraction of sp³-hybridized carbons (Fsp3) is 0.286. The first-order chi connectivity index (χ1) is 18.1. The Balaban J connectivity index is 1.35. The second kappa shape index (κ2) is 9.67. The van der Waals surface area contributed by atoms with Crippen LogP contribution in [0.4, 0.5) is 11.5 Å². The van der Waals surface area contributed by atoms with Crippen molar-refractivity contribution in [2.75, 3.05) is 43.4 Å². The van der Waals surface area contributed by atoms with Gasteiger partial charge in [-0.25, -0.2) is 4.98 Å². The molecule has 1 aliphatic heterocycles. The molecule has 0 radical (unpaired) electrons. The summed E-state index contributed by atoms with van der Waals surface area (Å²) in [4.78, 5) is 22.1. The number of hydrogen-bond acceptors (Lipinski definition) is 7. The first kappa shape index (κ1) is 23.2. The van der Waals surface area contributed by atoms with Crippen LogP contribution < -0.4 is 10.2 Å². The minimum absolute atomic E-state index is 0.836. The van der Waals surface area contributed by atoms with Crippen molar-refractivity contribution in [2.24, 2.45) is 0 Å². The maximum absolute atomic E-state index is 4.74. The van der Waals surface area contributed by atoms with Crippen molar-refractivity contribution in [3.05, 3.63) is 61.3 Å². The van der Waals surface area contributed by atoms with Gasteiger partial charge >= 0.3 is 0 Å². The molecular formula is C28H31N9. The Hall–Kier alpha value is -4.24. The third-order valence-electron chi connectivity index (χ3n) is 6.94. The van der Waals surface area contributed by atoms with E-state index in [9.17, 15) is 0 Å². The molecule has 0 spiro atoms. The average molecular weight is 494 g/mol. The number of fused-ring (bicyclic) bond motifs is 2. The highest BCUT2D eigenvalue weighted by atomic mass is 15.3. The highest BCUT2D eigenvalue weighted by Gasteiger charge is 2.20. The first-order valence-corrected chi connectivity index (χ1v) is 12.7. The molecule has 6 rings (SSSR count). The van der Waals surface area contributed by atoms with Crippen molar-refractivity contribution in [1.29, 1.82) is 0 Å². The average Bonchev–Trinajstić information content (AvgIpc) is 3.53. The molecule has 9 nitrogen and oxygen atoms in total. The number of likely N-dealkylation sites (N-methyl/N-ethyl adjacent to an activating group) is 1. The predicted molar refractivity (Wildman–Crippen MR) is 150 cm³/mol. The number of piperazine rings is 1. The van der Waals surface area contributed by atoms with E-state index in [1.165, 1.54) is 0 Å². The molecule has 0 aliphatic carbocycles. The molecule has 0 aromatic carbocycles. The molecule has 3 N–H and O–H groups in total. The van der Waals surface area contributed by atoms with Crippen molar-refractivity contribution in [1.82, 2.24) is 35.0 Å². The van der Waals surface area contributed by atoms with E-state index in [0.29, 0.717) is 0 Å². The minimum atomic E-state index is 0.836. The quantitative estimate of drug-likeness (QED) is 0.292. The molecule has 188 valence electrons. The number of aromatic nitrogens is 6. The van der Waals surface area contributed by atoms with Gasteiger partial charge in [-0.05, 0) is 37.7 Å². The van der Waals surface area contributed by atoms with Crippen LogP contribution in [0, 0.1) is 0 Å². The topological polar surface area (TPSA) is 102 Å². The lowest BCUT2D eigenvalue weighted by atomic mass is 10.1. The summed E-state index contributed by atoms with van der Waals surface area (Å²) >= 11 is 0. The maximum atomic E-state index is 4.74. The Bertz CT molecular complexity index is 1570. The third kappa shape index (κ3) is 4.53. The molecule has 0 atom stereocenters. The predicted octanol–water partition coefficient (Wildman–Crippen LogP) is 5.04. The first-order valence-electron chi connectivity index (χ1n) is 12.7.